The quantitative estimate of drug-likeness (QED) is 0.289. The number of hydrogen-bond acceptors (Lipinski definition) is 4. The van der Waals surface area contributed by atoms with E-state index in [1.54, 1.807) is 12.1 Å². The van der Waals surface area contributed by atoms with Crippen molar-refractivity contribution < 1.29 is 18.8 Å². The summed E-state index contributed by atoms with van der Waals surface area (Å²) in [5.74, 6) is 0.416. The normalized spacial score (nSPS) is 12.9. The van der Waals surface area contributed by atoms with Gasteiger partial charge in [-0.1, -0.05) is 71.0 Å². The lowest BCUT2D eigenvalue weighted by atomic mass is 9.69. The lowest BCUT2D eigenvalue weighted by Crippen LogP contribution is -2.43. The van der Waals surface area contributed by atoms with Crippen molar-refractivity contribution in [3.05, 3.63) is 65.7 Å². The molecule has 0 amide bonds. The Morgan fingerprint density at radius 3 is 2.03 bits per heavy atom. The molecule has 0 radical (unpaired) electrons. The van der Waals surface area contributed by atoms with Gasteiger partial charge in [-0.25, -0.2) is 4.79 Å². The number of rotatable bonds is 9. The van der Waals surface area contributed by atoms with Crippen LogP contribution in [-0.4, -0.2) is 26.7 Å². The predicted octanol–water partition coefficient (Wildman–Crippen LogP) is 7.19. The van der Waals surface area contributed by atoms with Gasteiger partial charge in [0.1, 0.15) is 11.5 Å². The van der Waals surface area contributed by atoms with Crippen molar-refractivity contribution in [2.24, 2.45) is 5.41 Å². The Morgan fingerprint density at radius 1 is 0.848 bits per heavy atom. The van der Waals surface area contributed by atoms with Crippen LogP contribution in [0.3, 0.4) is 0 Å². The summed E-state index contributed by atoms with van der Waals surface area (Å²) >= 11 is 0. The van der Waals surface area contributed by atoms with E-state index in [0.29, 0.717) is 17.7 Å². The molecule has 5 heteroatoms. The maximum atomic E-state index is 13.3. The van der Waals surface area contributed by atoms with Crippen LogP contribution >= 0.6 is 0 Å². The third-order valence-corrected chi connectivity index (χ3v) is 11.2. The van der Waals surface area contributed by atoms with Gasteiger partial charge in [-0.2, -0.15) is 0 Å². The van der Waals surface area contributed by atoms with E-state index >= 15 is 0 Å². The molecule has 0 aliphatic heterocycles. The van der Waals surface area contributed by atoms with Crippen LogP contribution in [0.1, 0.15) is 70.8 Å². The maximum absolute atomic E-state index is 13.3. The first-order valence-corrected chi connectivity index (χ1v) is 14.6. The van der Waals surface area contributed by atoms with Crippen LogP contribution in [0, 0.1) is 5.41 Å². The Morgan fingerprint density at radius 2 is 1.45 bits per heavy atom. The summed E-state index contributed by atoms with van der Waals surface area (Å²) < 4.78 is 11.9. The Hall–Kier alpha value is -2.40. The van der Waals surface area contributed by atoms with Crippen LogP contribution < -0.4 is 4.43 Å². The van der Waals surface area contributed by atoms with E-state index in [0.717, 1.165) is 5.56 Å². The zero-order valence-electron chi connectivity index (χ0n) is 21.7. The lowest BCUT2D eigenvalue weighted by Gasteiger charge is -2.36. The average Bonchev–Trinajstić information content (AvgIpc) is 2.72. The minimum atomic E-state index is -2.00. The molecule has 0 fully saturated rings. The number of ether oxygens (including phenoxy) is 1. The standard InChI is InChI=1S/C28H40O4Si/c1-26(2,3)33(8,9)32-23-17-13-14-21(20-23)24(29)31-19-18-27(4,5)25(30)28(6,7)22-15-11-10-12-16-22/h10-17,20H,18-19H2,1-9H3. The highest BCUT2D eigenvalue weighted by atomic mass is 28.4. The van der Waals surface area contributed by atoms with Gasteiger partial charge in [0.15, 0.2) is 0 Å². The molecule has 0 spiro atoms. The number of carbonyl (C=O) groups excluding carboxylic acids is 2. The van der Waals surface area contributed by atoms with E-state index in [4.69, 9.17) is 9.16 Å². The molecular weight excluding hydrogens is 428 g/mol. The molecule has 0 unspecified atom stereocenters. The first-order chi connectivity index (χ1) is 15.1. The molecule has 0 heterocycles. The van der Waals surface area contributed by atoms with Crippen LogP contribution in [0.15, 0.2) is 54.6 Å². The highest BCUT2D eigenvalue weighted by Gasteiger charge is 2.40. The summed E-state index contributed by atoms with van der Waals surface area (Å²) in [7, 11) is -2.00. The fourth-order valence-electron chi connectivity index (χ4n) is 3.56. The van der Waals surface area contributed by atoms with Crippen molar-refractivity contribution in [1.29, 1.82) is 0 Å². The van der Waals surface area contributed by atoms with Crippen molar-refractivity contribution in [3.63, 3.8) is 0 Å². The number of esters is 1. The van der Waals surface area contributed by atoms with Gasteiger partial charge in [0, 0.05) is 10.8 Å². The molecule has 0 N–H and O–H groups in total. The lowest BCUT2D eigenvalue weighted by molar-refractivity contribution is -0.132. The highest BCUT2D eigenvalue weighted by molar-refractivity contribution is 6.74. The third-order valence-electron chi connectivity index (χ3n) is 6.89. The molecule has 2 aromatic rings. The number of ketones is 1. The highest BCUT2D eigenvalue weighted by Crippen LogP contribution is 2.38. The van der Waals surface area contributed by atoms with Crippen molar-refractivity contribution in [1.82, 2.24) is 0 Å². The molecule has 0 atom stereocenters. The topological polar surface area (TPSA) is 52.6 Å². The SMILES string of the molecule is CC(C)(CCOC(=O)c1cccc(O[Si](C)(C)C(C)(C)C)c1)C(=O)C(C)(C)c1ccccc1. The molecule has 0 aliphatic carbocycles. The summed E-state index contributed by atoms with van der Waals surface area (Å²) in [6.07, 6.45) is 0.452. The van der Waals surface area contributed by atoms with Gasteiger partial charge in [-0.05, 0) is 62.2 Å². The van der Waals surface area contributed by atoms with Gasteiger partial charge in [0.25, 0.3) is 0 Å². The fraction of sp³-hybridized carbons (Fsp3) is 0.500. The molecule has 2 rings (SSSR count). The van der Waals surface area contributed by atoms with Crippen molar-refractivity contribution in [2.45, 2.75) is 78.4 Å². The molecule has 0 saturated carbocycles. The van der Waals surface area contributed by atoms with E-state index in [2.05, 4.69) is 33.9 Å². The predicted molar refractivity (Wildman–Crippen MR) is 137 cm³/mol. The first-order valence-electron chi connectivity index (χ1n) is 11.6. The Kier molecular flexibility index (Phi) is 8.00. The second kappa shape index (κ2) is 9.84. The van der Waals surface area contributed by atoms with Gasteiger partial charge in [-0.15, -0.1) is 0 Å². The number of carbonyl (C=O) groups is 2. The monoisotopic (exact) mass is 468 g/mol. The van der Waals surface area contributed by atoms with Gasteiger partial charge < -0.3 is 9.16 Å². The Labute approximate surface area is 200 Å². The van der Waals surface area contributed by atoms with Crippen molar-refractivity contribution in [3.8, 4) is 5.75 Å². The smallest absolute Gasteiger partial charge is 0.338 e. The van der Waals surface area contributed by atoms with Crippen LogP contribution in [0.2, 0.25) is 18.1 Å². The van der Waals surface area contributed by atoms with E-state index in [1.165, 1.54) is 0 Å². The summed E-state index contributed by atoms with van der Waals surface area (Å²) in [6, 6.07) is 17.0. The number of hydrogen-bond donors (Lipinski definition) is 0. The largest absolute Gasteiger partial charge is 0.543 e. The van der Waals surface area contributed by atoms with Gasteiger partial charge in [0.05, 0.1) is 12.2 Å². The Balaban J connectivity index is 2.01. The summed E-state index contributed by atoms with van der Waals surface area (Å²) in [6.45, 7) is 18.8. The van der Waals surface area contributed by atoms with Gasteiger partial charge in [-0.3, -0.25) is 4.79 Å². The molecular formula is C28H40O4Si. The summed E-state index contributed by atoms with van der Waals surface area (Å²) in [5.41, 5.74) is 0.190. The molecule has 0 aromatic heterocycles. The molecule has 33 heavy (non-hydrogen) atoms. The van der Waals surface area contributed by atoms with Crippen LogP contribution in [0.5, 0.6) is 5.75 Å². The van der Waals surface area contributed by atoms with Gasteiger partial charge >= 0.3 is 5.97 Å². The fourth-order valence-corrected chi connectivity index (χ4v) is 4.58. The minimum Gasteiger partial charge on any atom is -0.543 e. The van der Waals surface area contributed by atoms with E-state index < -0.39 is 25.1 Å². The van der Waals surface area contributed by atoms with Crippen LogP contribution in [0.25, 0.3) is 0 Å². The number of benzene rings is 2. The molecule has 0 bridgehead atoms. The Bertz CT molecular complexity index is 969. The maximum Gasteiger partial charge on any atom is 0.338 e. The first kappa shape index (κ1) is 26.8. The molecule has 2 aromatic carbocycles. The molecule has 180 valence electrons. The zero-order chi connectivity index (χ0) is 25.1. The second-order valence-corrected chi connectivity index (χ2v) is 16.2. The molecule has 0 aliphatic rings. The van der Waals surface area contributed by atoms with Crippen LogP contribution in [-0.2, 0) is 14.9 Å². The van der Waals surface area contributed by atoms with E-state index in [-0.39, 0.29) is 17.4 Å². The summed E-state index contributed by atoms with van der Waals surface area (Å²) in [4.78, 5) is 26.0. The second-order valence-electron chi connectivity index (χ2n) is 11.5. The zero-order valence-corrected chi connectivity index (χ0v) is 22.7. The van der Waals surface area contributed by atoms with E-state index in [1.807, 2.05) is 70.2 Å². The van der Waals surface area contributed by atoms with Crippen molar-refractivity contribution >= 4 is 20.1 Å². The van der Waals surface area contributed by atoms with E-state index in [9.17, 15) is 9.59 Å². The molecule has 4 nitrogen and oxygen atoms in total. The van der Waals surface area contributed by atoms with Crippen molar-refractivity contribution in [2.75, 3.05) is 6.61 Å². The van der Waals surface area contributed by atoms with Crippen LogP contribution in [0.4, 0.5) is 0 Å². The summed E-state index contributed by atoms with van der Waals surface area (Å²) in [5, 5.41) is 0.0646. The molecule has 0 saturated heterocycles. The average molecular weight is 469 g/mol. The third kappa shape index (κ3) is 6.56. The van der Waals surface area contributed by atoms with Gasteiger partial charge in [0.2, 0.25) is 8.32 Å². The minimum absolute atomic E-state index is 0.0646. The number of Topliss-reactive ketones (excluding diaryl/α,β-unsaturated/α-hetero) is 1.